The van der Waals surface area contributed by atoms with Gasteiger partial charge in [0.2, 0.25) is 0 Å². The van der Waals surface area contributed by atoms with Crippen LogP contribution in [0.3, 0.4) is 0 Å². The van der Waals surface area contributed by atoms with Crippen molar-refractivity contribution in [2.45, 2.75) is 13.0 Å². The lowest BCUT2D eigenvalue weighted by Crippen LogP contribution is -2.28. The van der Waals surface area contributed by atoms with Crippen LogP contribution in [0, 0.1) is 5.82 Å². The van der Waals surface area contributed by atoms with Crippen molar-refractivity contribution in [2.75, 3.05) is 6.61 Å². The number of hydrogen-bond donors (Lipinski definition) is 1. The van der Waals surface area contributed by atoms with E-state index in [4.69, 9.17) is 4.74 Å². The Bertz CT molecular complexity index is 865. The molecule has 0 aromatic heterocycles. The maximum absolute atomic E-state index is 13.6. The number of benzene rings is 3. The molecule has 0 bridgehead atoms. The van der Waals surface area contributed by atoms with E-state index in [1.54, 1.807) is 18.2 Å². The quantitative estimate of drug-likeness (QED) is 0.697. The average Bonchev–Trinajstić information content (AvgIpc) is 2.67. The molecule has 26 heavy (non-hydrogen) atoms. The molecular formula is C22H20FNO2. The minimum Gasteiger partial charge on any atom is -0.483 e. The zero-order valence-corrected chi connectivity index (χ0v) is 14.3. The summed E-state index contributed by atoms with van der Waals surface area (Å²) in [5, 5.41) is 2.68. The van der Waals surface area contributed by atoms with Crippen LogP contribution in [0.4, 0.5) is 4.39 Å². The first-order valence-corrected chi connectivity index (χ1v) is 8.47. The monoisotopic (exact) mass is 349 g/mol. The number of rotatable bonds is 7. The molecule has 0 spiro atoms. The third-order valence-corrected chi connectivity index (χ3v) is 4.00. The number of hydrogen-bond acceptors (Lipinski definition) is 2. The first-order chi connectivity index (χ1) is 12.7. The van der Waals surface area contributed by atoms with Gasteiger partial charge in [-0.3, -0.25) is 4.79 Å². The van der Waals surface area contributed by atoms with Gasteiger partial charge in [-0.15, -0.1) is 0 Å². The first kappa shape index (κ1) is 17.7. The Morgan fingerprint density at radius 3 is 2.27 bits per heavy atom. The van der Waals surface area contributed by atoms with Gasteiger partial charge in [-0.25, -0.2) is 4.39 Å². The molecule has 3 aromatic carbocycles. The topological polar surface area (TPSA) is 38.3 Å². The van der Waals surface area contributed by atoms with E-state index in [9.17, 15) is 9.18 Å². The molecule has 1 amide bonds. The number of para-hydroxylation sites is 1. The molecule has 0 aliphatic heterocycles. The Kier molecular flexibility index (Phi) is 5.99. The molecule has 3 aromatic rings. The summed E-state index contributed by atoms with van der Waals surface area (Å²) < 4.78 is 19.3. The molecule has 0 aliphatic carbocycles. The Labute approximate surface area is 152 Å². The summed E-state index contributed by atoms with van der Waals surface area (Å²) >= 11 is 0. The van der Waals surface area contributed by atoms with Crippen molar-refractivity contribution in [3.8, 4) is 5.75 Å². The van der Waals surface area contributed by atoms with E-state index in [1.165, 1.54) is 11.6 Å². The molecule has 3 nitrogen and oxygen atoms in total. The first-order valence-electron chi connectivity index (χ1n) is 8.47. The number of carbonyl (C=O) groups is 1. The van der Waals surface area contributed by atoms with E-state index >= 15 is 0 Å². The van der Waals surface area contributed by atoms with Crippen LogP contribution < -0.4 is 10.1 Å². The van der Waals surface area contributed by atoms with Crippen LogP contribution in [0.1, 0.15) is 16.7 Å². The van der Waals surface area contributed by atoms with Gasteiger partial charge >= 0.3 is 0 Å². The molecule has 0 unspecified atom stereocenters. The second-order valence-electron chi connectivity index (χ2n) is 5.93. The van der Waals surface area contributed by atoms with Crippen LogP contribution in [0.5, 0.6) is 5.75 Å². The third kappa shape index (κ3) is 4.93. The molecule has 0 saturated heterocycles. The third-order valence-electron chi connectivity index (χ3n) is 4.00. The normalized spacial score (nSPS) is 10.3. The van der Waals surface area contributed by atoms with E-state index in [0.29, 0.717) is 11.3 Å². The fraction of sp³-hybridized carbons (Fsp3) is 0.136. The van der Waals surface area contributed by atoms with E-state index in [0.717, 1.165) is 12.0 Å². The zero-order chi connectivity index (χ0) is 18.2. The molecule has 0 radical (unpaired) electrons. The standard InChI is InChI=1S/C22H20FNO2/c23-20-12-6-4-11-19(20)15-24-22(25)16-26-21-13-7-5-10-18(21)14-17-8-2-1-3-9-17/h1-13H,14-16H2,(H,24,25). The minimum atomic E-state index is -0.332. The van der Waals surface area contributed by atoms with Gasteiger partial charge in [0, 0.05) is 18.5 Å². The van der Waals surface area contributed by atoms with Gasteiger partial charge in [0.25, 0.3) is 5.91 Å². The van der Waals surface area contributed by atoms with Crippen molar-refractivity contribution in [3.63, 3.8) is 0 Å². The Hall–Kier alpha value is -3.14. The summed E-state index contributed by atoms with van der Waals surface area (Å²) in [5.74, 6) is 0.0575. The van der Waals surface area contributed by atoms with Crippen LogP contribution in [-0.2, 0) is 17.8 Å². The van der Waals surface area contributed by atoms with E-state index in [-0.39, 0.29) is 24.9 Å². The number of carbonyl (C=O) groups excluding carboxylic acids is 1. The van der Waals surface area contributed by atoms with Crippen LogP contribution >= 0.6 is 0 Å². The van der Waals surface area contributed by atoms with Crippen molar-refractivity contribution in [1.29, 1.82) is 0 Å². The average molecular weight is 349 g/mol. The maximum Gasteiger partial charge on any atom is 0.258 e. The molecule has 0 fully saturated rings. The van der Waals surface area contributed by atoms with Gasteiger partial charge in [0.15, 0.2) is 6.61 Å². The summed E-state index contributed by atoms with van der Waals surface area (Å²) in [7, 11) is 0. The van der Waals surface area contributed by atoms with E-state index in [1.807, 2.05) is 42.5 Å². The Morgan fingerprint density at radius 1 is 0.846 bits per heavy atom. The maximum atomic E-state index is 13.6. The zero-order valence-electron chi connectivity index (χ0n) is 14.3. The smallest absolute Gasteiger partial charge is 0.258 e. The highest BCUT2D eigenvalue weighted by atomic mass is 19.1. The fourth-order valence-corrected chi connectivity index (χ4v) is 2.64. The van der Waals surface area contributed by atoms with Crippen molar-refractivity contribution in [3.05, 3.63) is 101 Å². The summed E-state index contributed by atoms with van der Waals surface area (Å²) in [4.78, 5) is 12.0. The molecule has 132 valence electrons. The van der Waals surface area contributed by atoms with Crippen LogP contribution in [0.15, 0.2) is 78.9 Å². The molecule has 4 heteroatoms. The van der Waals surface area contributed by atoms with Gasteiger partial charge in [0.1, 0.15) is 11.6 Å². The number of amides is 1. The molecule has 0 atom stereocenters. The van der Waals surface area contributed by atoms with E-state index in [2.05, 4.69) is 17.4 Å². The molecule has 3 rings (SSSR count). The lowest BCUT2D eigenvalue weighted by atomic mass is 10.0. The van der Waals surface area contributed by atoms with E-state index < -0.39 is 0 Å². The van der Waals surface area contributed by atoms with Crippen molar-refractivity contribution in [1.82, 2.24) is 5.32 Å². The highest BCUT2D eigenvalue weighted by Crippen LogP contribution is 2.21. The second kappa shape index (κ2) is 8.81. The van der Waals surface area contributed by atoms with Crippen molar-refractivity contribution >= 4 is 5.91 Å². The number of halogens is 1. The predicted molar refractivity (Wildman–Crippen MR) is 99.4 cm³/mol. The Balaban J connectivity index is 1.56. The number of nitrogens with one attached hydrogen (secondary N) is 1. The summed E-state index contributed by atoms with van der Waals surface area (Å²) in [5.41, 5.74) is 2.64. The highest BCUT2D eigenvalue weighted by Gasteiger charge is 2.08. The van der Waals surface area contributed by atoms with Gasteiger partial charge in [0.05, 0.1) is 0 Å². The minimum absolute atomic E-state index is 0.111. The molecular weight excluding hydrogens is 329 g/mol. The summed E-state index contributed by atoms with van der Waals surface area (Å²) in [6, 6.07) is 24.1. The van der Waals surface area contributed by atoms with Gasteiger partial charge in [-0.2, -0.15) is 0 Å². The lowest BCUT2D eigenvalue weighted by molar-refractivity contribution is -0.123. The van der Waals surface area contributed by atoms with Crippen molar-refractivity contribution in [2.24, 2.45) is 0 Å². The molecule has 0 heterocycles. The molecule has 1 N–H and O–H groups in total. The lowest BCUT2D eigenvalue weighted by Gasteiger charge is -2.12. The van der Waals surface area contributed by atoms with Gasteiger partial charge < -0.3 is 10.1 Å². The second-order valence-corrected chi connectivity index (χ2v) is 5.93. The summed E-state index contributed by atoms with van der Waals surface area (Å²) in [6.07, 6.45) is 0.730. The molecule has 0 aliphatic rings. The predicted octanol–water partition coefficient (Wildman–Crippen LogP) is 4.11. The SMILES string of the molecule is O=C(COc1ccccc1Cc1ccccc1)NCc1ccccc1F. The fourth-order valence-electron chi connectivity index (χ4n) is 2.64. The van der Waals surface area contributed by atoms with Gasteiger partial charge in [-0.05, 0) is 23.3 Å². The Morgan fingerprint density at radius 2 is 1.50 bits per heavy atom. The van der Waals surface area contributed by atoms with Gasteiger partial charge in [-0.1, -0.05) is 66.7 Å². The highest BCUT2D eigenvalue weighted by molar-refractivity contribution is 5.77. The van der Waals surface area contributed by atoms with Crippen LogP contribution in [0.25, 0.3) is 0 Å². The largest absolute Gasteiger partial charge is 0.483 e. The van der Waals surface area contributed by atoms with Crippen LogP contribution in [-0.4, -0.2) is 12.5 Å². The number of ether oxygens (including phenoxy) is 1. The molecule has 0 saturated carbocycles. The summed E-state index contributed by atoms with van der Waals surface area (Å²) in [6.45, 7) is 0.0286. The van der Waals surface area contributed by atoms with Crippen molar-refractivity contribution < 1.29 is 13.9 Å². The van der Waals surface area contributed by atoms with Crippen LogP contribution in [0.2, 0.25) is 0 Å².